The van der Waals surface area contributed by atoms with Crippen molar-refractivity contribution in [2.24, 2.45) is 0 Å². The first kappa shape index (κ1) is 17.0. The van der Waals surface area contributed by atoms with Gasteiger partial charge in [0.1, 0.15) is 4.60 Å². The topological polar surface area (TPSA) is 38.7 Å². The minimum atomic E-state index is 0.884. The molecule has 0 aromatic carbocycles. The number of hydrogen-bond donors (Lipinski definition) is 0. The molecule has 108 valence electrons. The molecule has 0 saturated carbocycles. The Labute approximate surface area is 134 Å². The molecular weight excluding hydrogens is 326 g/mol. The molecule has 3 heterocycles. The summed E-state index contributed by atoms with van der Waals surface area (Å²) in [6.45, 7) is 3.99. The molecule has 0 aliphatic carbocycles. The first-order chi connectivity index (χ1) is 10.2. The Morgan fingerprint density at radius 3 is 1.57 bits per heavy atom. The van der Waals surface area contributed by atoms with Crippen molar-refractivity contribution in [1.29, 1.82) is 0 Å². The smallest absolute Gasteiger partial charge is 0.106 e. The maximum Gasteiger partial charge on any atom is 0.106 e. The van der Waals surface area contributed by atoms with E-state index in [2.05, 4.69) is 30.9 Å². The van der Waals surface area contributed by atoms with Gasteiger partial charge in [0, 0.05) is 30.0 Å². The Kier molecular flexibility index (Phi) is 8.64. The van der Waals surface area contributed by atoms with Crippen LogP contribution in [0.15, 0.2) is 77.8 Å². The maximum absolute atomic E-state index is 4.17. The standard InChI is InChI=1S/C7H9N.C5H4BrN.C5H5N/c1-6-4-3-5-7(2)8-6;6-5-3-1-2-4-7-5;1-2-4-6-5-3-1/h3-5H,1-2H3;1-4H;1-5H. The van der Waals surface area contributed by atoms with Gasteiger partial charge in [-0.05, 0) is 66.2 Å². The molecule has 0 N–H and O–H groups in total. The zero-order valence-electron chi connectivity index (χ0n) is 12.1. The second-order valence-electron chi connectivity index (χ2n) is 4.10. The lowest BCUT2D eigenvalue weighted by Gasteiger charge is -1.90. The third-order valence-corrected chi connectivity index (χ3v) is 2.69. The zero-order valence-corrected chi connectivity index (χ0v) is 13.7. The van der Waals surface area contributed by atoms with E-state index in [0.29, 0.717) is 0 Å². The molecule has 4 heteroatoms. The summed E-state index contributed by atoms with van der Waals surface area (Å²) in [5, 5.41) is 0. The monoisotopic (exact) mass is 343 g/mol. The van der Waals surface area contributed by atoms with Crippen molar-refractivity contribution in [3.63, 3.8) is 0 Å². The van der Waals surface area contributed by atoms with Crippen LogP contribution in [0.4, 0.5) is 0 Å². The van der Waals surface area contributed by atoms with E-state index >= 15 is 0 Å². The molecule has 0 atom stereocenters. The van der Waals surface area contributed by atoms with E-state index in [1.165, 1.54) is 0 Å². The number of aryl methyl sites for hydroxylation is 2. The highest BCUT2D eigenvalue weighted by molar-refractivity contribution is 9.10. The summed E-state index contributed by atoms with van der Waals surface area (Å²) in [6.07, 6.45) is 5.24. The van der Waals surface area contributed by atoms with Crippen LogP contribution < -0.4 is 0 Å². The summed E-state index contributed by atoms with van der Waals surface area (Å²) in [7, 11) is 0. The SMILES string of the molecule is Brc1ccccn1.Cc1cccc(C)n1.c1ccncc1. The third kappa shape index (κ3) is 9.46. The number of halogens is 1. The predicted molar refractivity (Wildman–Crippen MR) is 89.9 cm³/mol. The molecule has 3 nitrogen and oxygen atoms in total. The Bertz CT molecular complexity index is 557. The van der Waals surface area contributed by atoms with E-state index in [-0.39, 0.29) is 0 Å². The molecule has 21 heavy (non-hydrogen) atoms. The molecule has 3 aromatic heterocycles. The molecule has 0 radical (unpaired) electrons. The fourth-order valence-corrected chi connectivity index (χ4v) is 1.60. The summed E-state index contributed by atoms with van der Waals surface area (Å²) in [4.78, 5) is 11.9. The molecule has 0 aliphatic rings. The van der Waals surface area contributed by atoms with Gasteiger partial charge in [-0.3, -0.25) is 9.97 Å². The van der Waals surface area contributed by atoms with Gasteiger partial charge in [0.15, 0.2) is 0 Å². The van der Waals surface area contributed by atoms with E-state index in [4.69, 9.17) is 0 Å². The molecule has 0 unspecified atom stereocenters. The summed E-state index contributed by atoms with van der Waals surface area (Å²) in [6, 6.07) is 17.4. The van der Waals surface area contributed by atoms with Crippen molar-refractivity contribution in [1.82, 2.24) is 15.0 Å². The number of nitrogens with zero attached hydrogens (tertiary/aromatic N) is 3. The first-order valence-corrected chi connectivity index (χ1v) is 7.29. The number of rotatable bonds is 0. The second kappa shape index (κ2) is 10.7. The maximum atomic E-state index is 4.17. The van der Waals surface area contributed by atoms with Gasteiger partial charge in [-0.25, -0.2) is 4.98 Å². The number of aromatic nitrogens is 3. The van der Waals surface area contributed by atoms with Crippen LogP contribution in [0.25, 0.3) is 0 Å². The summed E-state index contributed by atoms with van der Waals surface area (Å²) in [5.74, 6) is 0. The van der Waals surface area contributed by atoms with Crippen LogP contribution in [-0.4, -0.2) is 15.0 Å². The summed E-state index contributed by atoms with van der Waals surface area (Å²) < 4.78 is 0.884. The molecular formula is C17H18BrN3. The van der Waals surface area contributed by atoms with Gasteiger partial charge in [-0.15, -0.1) is 0 Å². The second-order valence-corrected chi connectivity index (χ2v) is 4.91. The van der Waals surface area contributed by atoms with Gasteiger partial charge >= 0.3 is 0 Å². The van der Waals surface area contributed by atoms with Crippen LogP contribution in [0.2, 0.25) is 0 Å². The van der Waals surface area contributed by atoms with Crippen LogP contribution in [0, 0.1) is 13.8 Å². The molecule has 0 amide bonds. The third-order valence-electron chi connectivity index (χ3n) is 2.22. The van der Waals surface area contributed by atoms with Gasteiger partial charge in [-0.2, -0.15) is 0 Å². The van der Waals surface area contributed by atoms with E-state index in [1.807, 2.05) is 68.4 Å². The van der Waals surface area contributed by atoms with Crippen LogP contribution in [0.1, 0.15) is 11.4 Å². The minimum Gasteiger partial charge on any atom is -0.265 e. The fourth-order valence-electron chi connectivity index (χ4n) is 1.33. The van der Waals surface area contributed by atoms with Crippen molar-refractivity contribution in [3.05, 3.63) is 89.2 Å². The summed E-state index contributed by atoms with van der Waals surface area (Å²) in [5.41, 5.74) is 2.18. The summed E-state index contributed by atoms with van der Waals surface area (Å²) >= 11 is 3.20. The normalized spacial score (nSPS) is 8.71. The van der Waals surface area contributed by atoms with Crippen molar-refractivity contribution in [3.8, 4) is 0 Å². The molecule has 0 aliphatic heterocycles. The lowest BCUT2D eigenvalue weighted by molar-refractivity contribution is 1.12. The van der Waals surface area contributed by atoms with Gasteiger partial charge in [-0.1, -0.05) is 18.2 Å². The highest BCUT2D eigenvalue weighted by Crippen LogP contribution is 2.00. The quantitative estimate of drug-likeness (QED) is 0.559. The fraction of sp³-hybridized carbons (Fsp3) is 0.118. The van der Waals surface area contributed by atoms with Crippen molar-refractivity contribution < 1.29 is 0 Å². The van der Waals surface area contributed by atoms with Gasteiger partial charge in [0.25, 0.3) is 0 Å². The lowest BCUT2D eigenvalue weighted by atomic mass is 10.3. The average Bonchev–Trinajstić information content (AvgIpc) is 2.51. The minimum absolute atomic E-state index is 0.884. The van der Waals surface area contributed by atoms with E-state index in [1.54, 1.807) is 18.6 Å². The molecule has 0 bridgehead atoms. The number of pyridine rings is 3. The van der Waals surface area contributed by atoms with Crippen LogP contribution in [-0.2, 0) is 0 Å². The molecule has 0 fully saturated rings. The van der Waals surface area contributed by atoms with E-state index in [9.17, 15) is 0 Å². The van der Waals surface area contributed by atoms with Crippen LogP contribution in [0.3, 0.4) is 0 Å². The van der Waals surface area contributed by atoms with Crippen LogP contribution >= 0.6 is 15.9 Å². The highest BCUT2D eigenvalue weighted by atomic mass is 79.9. The van der Waals surface area contributed by atoms with Crippen molar-refractivity contribution in [2.45, 2.75) is 13.8 Å². The van der Waals surface area contributed by atoms with Crippen LogP contribution in [0.5, 0.6) is 0 Å². The van der Waals surface area contributed by atoms with Gasteiger partial charge < -0.3 is 0 Å². The first-order valence-electron chi connectivity index (χ1n) is 6.50. The number of hydrogen-bond acceptors (Lipinski definition) is 3. The Balaban J connectivity index is 0.000000159. The molecule has 3 aromatic rings. The molecule has 0 saturated heterocycles. The predicted octanol–water partition coefficient (Wildman–Crippen LogP) is 4.62. The Morgan fingerprint density at radius 1 is 0.714 bits per heavy atom. The van der Waals surface area contributed by atoms with Gasteiger partial charge in [0.05, 0.1) is 0 Å². The van der Waals surface area contributed by atoms with E-state index in [0.717, 1.165) is 16.0 Å². The molecule has 0 spiro atoms. The lowest BCUT2D eigenvalue weighted by Crippen LogP contribution is -1.81. The Morgan fingerprint density at radius 2 is 1.33 bits per heavy atom. The van der Waals surface area contributed by atoms with E-state index < -0.39 is 0 Å². The highest BCUT2D eigenvalue weighted by Gasteiger charge is 1.82. The average molecular weight is 344 g/mol. The van der Waals surface area contributed by atoms with Gasteiger partial charge in [0.2, 0.25) is 0 Å². The van der Waals surface area contributed by atoms with Crippen molar-refractivity contribution in [2.75, 3.05) is 0 Å². The zero-order chi connectivity index (χ0) is 15.3. The van der Waals surface area contributed by atoms with Crippen molar-refractivity contribution >= 4 is 15.9 Å². The largest absolute Gasteiger partial charge is 0.265 e. The Hall–Kier alpha value is -2.07. The molecule has 3 rings (SSSR count).